The number of aromatic carboxylic acids is 1. The molecule has 0 aliphatic heterocycles. The van der Waals surface area contributed by atoms with E-state index in [0.717, 1.165) is 5.52 Å². The number of carboxylic acids is 1. The van der Waals surface area contributed by atoms with Gasteiger partial charge in [-0.15, -0.1) is 0 Å². The molecule has 7 nitrogen and oxygen atoms in total. The number of hydrogen-bond acceptors (Lipinski definition) is 5. The first-order valence-corrected chi connectivity index (χ1v) is 7.11. The number of aromatic amines is 1. The number of methoxy groups -OCH3 is 3. The molecular formula is C17H16N2O5. The van der Waals surface area contributed by atoms with Crippen molar-refractivity contribution in [2.75, 3.05) is 21.3 Å². The standard InChI is InChI=1S/C17H16N2O5/c1-22-13-7-5-10(15(23-2)16(13)24-3)14-11-8-9(17(20)21)4-6-12(11)18-19-14/h4-8H,1-3H3,(H,18,19)(H,20,21). The third kappa shape index (κ3) is 2.40. The Bertz CT molecular complexity index is 917. The average molecular weight is 328 g/mol. The van der Waals surface area contributed by atoms with Gasteiger partial charge in [0.1, 0.15) is 5.69 Å². The predicted molar refractivity (Wildman–Crippen MR) is 88.1 cm³/mol. The molecule has 0 saturated carbocycles. The van der Waals surface area contributed by atoms with Crippen LogP contribution in [-0.2, 0) is 0 Å². The summed E-state index contributed by atoms with van der Waals surface area (Å²) in [6.07, 6.45) is 0. The number of rotatable bonds is 5. The van der Waals surface area contributed by atoms with Crippen LogP contribution in [0.25, 0.3) is 22.2 Å². The minimum absolute atomic E-state index is 0.185. The lowest BCUT2D eigenvalue weighted by molar-refractivity contribution is 0.0697. The van der Waals surface area contributed by atoms with Crippen LogP contribution in [0.3, 0.4) is 0 Å². The second-order valence-corrected chi connectivity index (χ2v) is 5.02. The van der Waals surface area contributed by atoms with Gasteiger partial charge in [-0.2, -0.15) is 5.10 Å². The molecule has 124 valence electrons. The summed E-state index contributed by atoms with van der Waals surface area (Å²) in [7, 11) is 4.59. The molecule has 0 fully saturated rings. The van der Waals surface area contributed by atoms with Crippen LogP contribution in [0, 0.1) is 0 Å². The Morgan fingerprint density at radius 2 is 1.79 bits per heavy atom. The molecule has 1 aromatic heterocycles. The highest BCUT2D eigenvalue weighted by Gasteiger charge is 2.20. The van der Waals surface area contributed by atoms with E-state index < -0.39 is 5.97 Å². The highest BCUT2D eigenvalue weighted by Crippen LogP contribution is 2.45. The number of ether oxygens (including phenoxy) is 3. The molecule has 24 heavy (non-hydrogen) atoms. The lowest BCUT2D eigenvalue weighted by Crippen LogP contribution is -1.97. The zero-order valence-corrected chi connectivity index (χ0v) is 13.4. The van der Waals surface area contributed by atoms with E-state index in [1.165, 1.54) is 20.3 Å². The summed E-state index contributed by atoms with van der Waals surface area (Å²) in [5, 5.41) is 17.1. The van der Waals surface area contributed by atoms with Crippen LogP contribution < -0.4 is 14.2 Å². The second-order valence-electron chi connectivity index (χ2n) is 5.02. The van der Waals surface area contributed by atoms with Gasteiger partial charge in [0.05, 0.1) is 32.4 Å². The molecule has 0 radical (unpaired) electrons. The molecule has 3 aromatic rings. The quantitative estimate of drug-likeness (QED) is 0.748. The van der Waals surface area contributed by atoms with Crippen molar-refractivity contribution in [1.82, 2.24) is 10.2 Å². The van der Waals surface area contributed by atoms with Gasteiger partial charge >= 0.3 is 5.97 Å². The first-order chi connectivity index (χ1) is 11.6. The summed E-state index contributed by atoms with van der Waals surface area (Å²) >= 11 is 0. The van der Waals surface area contributed by atoms with Crippen LogP contribution in [-0.4, -0.2) is 42.6 Å². The number of carbonyl (C=O) groups is 1. The molecule has 0 bridgehead atoms. The highest BCUT2D eigenvalue weighted by molar-refractivity contribution is 6.00. The summed E-state index contributed by atoms with van der Waals surface area (Å²) in [5.41, 5.74) is 2.16. The summed E-state index contributed by atoms with van der Waals surface area (Å²) in [6, 6.07) is 8.33. The number of H-pyrrole nitrogens is 1. The van der Waals surface area contributed by atoms with Crippen molar-refractivity contribution in [3.05, 3.63) is 35.9 Å². The number of fused-ring (bicyclic) bond motifs is 1. The van der Waals surface area contributed by atoms with Gasteiger partial charge in [-0.05, 0) is 30.3 Å². The maximum absolute atomic E-state index is 11.2. The van der Waals surface area contributed by atoms with Crippen LogP contribution in [0.5, 0.6) is 17.2 Å². The number of carboxylic acid groups (broad SMARTS) is 1. The molecule has 0 saturated heterocycles. The van der Waals surface area contributed by atoms with Crippen molar-refractivity contribution in [1.29, 1.82) is 0 Å². The molecule has 0 aliphatic rings. The molecule has 0 amide bonds. The van der Waals surface area contributed by atoms with E-state index in [4.69, 9.17) is 14.2 Å². The maximum Gasteiger partial charge on any atom is 0.335 e. The fourth-order valence-corrected chi connectivity index (χ4v) is 2.64. The Balaban J connectivity index is 2.27. The molecular weight excluding hydrogens is 312 g/mol. The van der Waals surface area contributed by atoms with E-state index in [1.807, 2.05) is 0 Å². The van der Waals surface area contributed by atoms with Crippen LogP contribution in [0.4, 0.5) is 0 Å². The minimum atomic E-state index is -0.997. The normalized spacial score (nSPS) is 10.6. The molecule has 2 N–H and O–H groups in total. The van der Waals surface area contributed by atoms with Gasteiger partial charge in [-0.25, -0.2) is 4.79 Å². The average Bonchev–Trinajstić information content (AvgIpc) is 3.02. The van der Waals surface area contributed by atoms with E-state index in [-0.39, 0.29) is 5.56 Å². The Labute approximate surface area is 137 Å². The fraction of sp³-hybridized carbons (Fsp3) is 0.176. The van der Waals surface area contributed by atoms with Crippen molar-refractivity contribution in [3.63, 3.8) is 0 Å². The first-order valence-electron chi connectivity index (χ1n) is 7.11. The number of nitrogens with zero attached hydrogens (tertiary/aromatic N) is 1. The summed E-state index contributed by atoms with van der Waals surface area (Å²) in [4.78, 5) is 11.2. The Morgan fingerprint density at radius 1 is 1.04 bits per heavy atom. The van der Waals surface area contributed by atoms with Gasteiger partial charge < -0.3 is 19.3 Å². The van der Waals surface area contributed by atoms with Gasteiger partial charge in [-0.1, -0.05) is 0 Å². The molecule has 2 aromatic carbocycles. The third-order valence-corrected chi connectivity index (χ3v) is 3.77. The zero-order chi connectivity index (χ0) is 17.3. The molecule has 0 spiro atoms. The zero-order valence-electron chi connectivity index (χ0n) is 13.4. The molecule has 0 aliphatic carbocycles. The molecule has 0 atom stereocenters. The van der Waals surface area contributed by atoms with E-state index in [0.29, 0.717) is 33.9 Å². The molecule has 7 heteroatoms. The smallest absolute Gasteiger partial charge is 0.335 e. The van der Waals surface area contributed by atoms with Gasteiger partial charge in [-0.3, -0.25) is 5.10 Å². The van der Waals surface area contributed by atoms with Gasteiger partial charge in [0, 0.05) is 10.9 Å². The topological polar surface area (TPSA) is 93.7 Å². The Morgan fingerprint density at radius 3 is 2.42 bits per heavy atom. The summed E-state index contributed by atoms with van der Waals surface area (Å²) < 4.78 is 16.2. The van der Waals surface area contributed by atoms with Gasteiger partial charge in [0.25, 0.3) is 0 Å². The van der Waals surface area contributed by atoms with Crippen molar-refractivity contribution in [3.8, 4) is 28.5 Å². The monoisotopic (exact) mass is 328 g/mol. The lowest BCUT2D eigenvalue weighted by atomic mass is 10.0. The second kappa shape index (κ2) is 6.11. The van der Waals surface area contributed by atoms with E-state index in [2.05, 4.69) is 10.2 Å². The minimum Gasteiger partial charge on any atom is -0.493 e. The number of nitrogens with one attached hydrogen (secondary N) is 1. The van der Waals surface area contributed by atoms with Crippen LogP contribution in [0.15, 0.2) is 30.3 Å². The number of hydrogen-bond donors (Lipinski definition) is 2. The van der Waals surface area contributed by atoms with E-state index in [1.54, 1.807) is 31.4 Å². The van der Waals surface area contributed by atoms with Crippen molar-refractivity contribution < 1.29 is 24.1 Å². The van der Waals surface area contributed by atoms with Gasteiger partial charge in [0.15, 0.2) is 11.5 Å². The molecule has 0 unspecified atom stereocenters. The third-order valence-electron chi connectivity index (χ3n) is 3.77. The summed E-state index contributed by atoms with van der Waals surface area (Å²) in [6.45, 7) is 0. The van der Waals surface area contributed by atoms with E-state index in [9.17, 15) is 9.90 Å². The fourth-order valence-electron chi connectivity index (χ4n) is 2.64. The first kappa shape index (κ1) is 15.7. The lowest BCUT2D eigenvalue weighted by Gasteiger charge is -2.14. The SMILES string of the molecule is COc1ccc(-c2n[nH]c3ccc(C(=O)O)cc23)c(OC)c1OC. The maximum atomic E-state index is 11.2. The highest BCUT2D eigenvalue weighted by atomic mass is 16.5. The van der Waals surface area contributed by atoms with Crippen LogP contribution in [0.1, 0.15) is 10.4 Å². The van der Waals surface area contributed by atoms with Crippen LogP contribution in [0.2, 0.25) is 0 Å². The Hall–Kier alpha value is -3.22. The predicted octanol–water partition coefficient (Wildman–Crippen LogP) is 2.95. The largest absolute Gasteiger partial charge is 0.493 e. The number of benzene rings is 2. The van der Waals surface area contributed by atoms with Crippen LogP contribution >= 0.6 is 0 Å². The van der Waals surface area contributed by atoms with Crippen molar-refractivity contribution in [2.45, 2.75) is 0 Å². The summed E-state index contributed by atoms with van der Waals surface area (Å²) in [5.74, 6) is 0.446. The van der Waals surface area contributed by atoms with Crippen molar-refractivity contribution >= 4 is 16.9 Å². The molecule has 1 heterocycles. The van der Waals surface area contributed by atoms with E-state index >= 15 is 0 Å². The Kier molecular flexibility index (Phi) is 3.99. The number of aromatic nitrogens is 2. The molecule has 3 rings (SSSR count). The van der Waals surface area contributed by atoms with Crippen molar-refractivity contribution in [2.24, 2.45) is 0 Å². The van der Waals surface area contributed by atoms with Gasteiger partial charge in [0.2, 0.25) is 5.75 Å².